The zero-order chi connectivity index (χ0) is 14.5. The average molecular weight is 276 g/mol. The minimum Gasteiger partial charge on any atom is -0.494 e. The summed E-state index contributed by atoms with van der Waals surface area (Å²) in [5, 5.41) is 10.3. The smallest absolute Gasteiger partial charge is 0.165 e. The normalized spacial score (nSPS) is 12.2. The van der Waals surface area contributed by atoms with Crippen molar-refractivity contribution in [3.05, 3.63) is 65.0 Å². The van der Waals surface area contributed by atoms with Crippen molar-refractivity contribution in [3.63, 3.8) is 0 Å². The van der Waals surface area contributed by atoms with E-state index in [2.05, 4.69) is 0 Å². The van der Waals surface area contributed by atoms with Crippen molar-refractivity contribution in [1.29, 1.82) is 0 Å². The predicted octanol–water partition coefficient (Wildman–Crippen LogP) is 3.06. The lowest BCUT2D eigenvalue weighted by Crippen LogP contribution is -2.02. The van der Waals surface area contributed by atoms with Crippen LogP contribution in [-0.2, 0) is 11.3 Å². The van der Waals surface area contributed by atoms with Crippen molar-refractivity contribution in [3.8, 4) is 5.75 Å². The lowest BCUT2D eigenvalue weighted by molar-refractivity contribution is 0.184. The van der Waals surface area contributed by atoms with Crippen LogP contribution < -0.4 is 4.74 Å². The van der Waals surface area contributed by atoms with Crippen LogP contribution in [0.1, 0.15) is 22.8 Å². The zero-order valence-electron chi connectivity index (χ0n) is 11.5. The number of halogens is 1. The molecule has 0 aliphatic carbocycles. The van der Waals surface area contributed by atoms with Gasteiger partial charge in [-0.15, -0.1) is 0 Å². The summed E-state index contributed by atoms with van der Waals surface area (Å²) in [5.41, 5.74) is 2.14. The number of aliphatic hydroxyl groups excluding tert-OH is 1. The van der Waals surface area contributed by atoms with E-state index in [-0.39, 0.29) is 5.75 Å². The third kappa shape index (κ3) is 3.15. The number of benzene rings is 2. The van der Waals surface area contributed by atoms with E-state index >= 15 is 0 Å². The van der Waals surface area contributed by atoms with Crippen LogP contribution in [-0.4, -0.2) is 19.3 Å². The SMILES string of the molecule is COCc1cccc(C(O)c2ccc(OC)c(F)c2)c1. The van der Waals surface area contributed by atoms with E-state index in [0.717, 1.165) is 5.56 Å². The summed E-state index contributed by atoms with van der Waals surface area (Å²) in [7, 11) is 3.02. The molecule has 1 atom stereocenters. The summed E-state index contributed by atoms with van der Waals surface area (Å²) in [6, 6.07) is 11.8. The molecule has 106 valence electrons. The van der Waals surface area contributed by atoms with Gasteiger partial charge in [0.2, 0.25) is 0 Å². The Morgan fingerprint density at radius 1 is 1.10 bits per heavy atom. The first kappa shape index (κ1) is 14.5. The number of methoxy groups -OCH3 is 2. The Kier molecular flexibility index (Phi) is 4.71. The molecule has 1 unspecified atom stereocenters. The largest absolute Gasteiger partial charge is 0.494 e. The maximum Gasteiger partial charge on any atom is 0.165 e. The van der Waals surface area contributed by atoms with Gasteiger partial charge in [0.25, 0.3) is 0 Å². The Morgan fingerprint density at radius 3 is 2.50 bits per heavy atom. The predicted molar refractivity (Wildman–Crippen MR) is 74.2 cm³/mol. The molecule has 2 aromatic carbocycles. The van der Waals surface area contributed by atoms with E-state index in [4.69, 9.17) is 9.47 Å². The number of hydrogen-bond acceptors (Lipinski definition) is 3. The van der Waals surface area contributed by atoms with Gasteiger partial charge in [-0.3, -0.25) is 0 Å². The van der Waals surface area contributed by atoms with Gasteiger partial charge >= 0.3 is 0 Å². The molecule has 0 heterocycles. The highest BCUT2D eigenvalue weighted by Gasteiger charge is 2.13. The van der Waals surface area contributed by atoms with E-state index in [0.29, 0.717) is 17.7 Å². The van der Waals surface area contributed by atoms with Gasteiger partial charge in [0, 0.05) is 7.11 Å². The van der Waals surface area contributed by atoms with Gasteiger partial charge in [-0.25, -0.2) is 4.39 Å². The highest BCUT2D eigenvalue weighted by atomic mass is 19.1. The van der Waals surface area contributed by atoms with Crippen LogP contribution in [0.3, 0.4) is 0 Å². The van der Waals surface area contributed by atoms with Crippen molar-refractivity contribution < 1.29 is 19.0 Å². The van der Waals surface area contributed by atoms with Crippen molar-refractivity contribution in [2.45, 2.75) is 12.7 Å². The van der Waals surface area contributed by atoms with E-state index in [1.165, 1.54) is 19.2 Å². The molecule has 0 fully saturated rings. The summed E-state index contributed by atoms with van der Waals surface area (Å²) in [5.74, 6) is -0.328. The molecule has 0 bridgehead atoms. The van der Waals surface area contributed by atoms with Crippen LogP contribution in [0.15, 0.2) is 42.5 Å². The minimum absolute atomic E-state index is 0.161. The van der Waals surface area contributed by atoms with Gasteiger partial charge in [-0.1, -0.05) is 30.3 Å². The molecule has 20 heavy (non-hydrogen) atoms. The highest BCUT2D eigenvalue weighted by Crippen LogP contribution is 2.26. The Balaban J connectivity index is 2.28. The molecule has 0 saturated carbocycles. The molecular formula is C16H17FO3. The molecule has 0 radical (unpaired) electrons. The van der Waals surface area contributed by atoms with Gasteiger partial charge in [0.05, 0.1) is 13.7 Å². The third-order valence-electron chi connectivity index (χ3n) is 3.07. The Hall–Kier alpha value is -1.91. The summed E-state index contributed by atoms with van der Waals surface area (Å²) in [6.45, 7) is 0.470. The van der Waals surface area contributed by atoms with Crippen molar-refractivity contribution in [2.24, 2.45) is 0 Å². The fourth-order valence-electron chi connectivity index (χ4n) is 2.06. The fraction of sp³-hybridized carbons (Fsp3) is 0.250. The molecule has 0 aliphatic rings. The average Bonchev–Trinajstić information content (AvgIpc) is 2.47. The Labute approximate surface area is 117 Å². The first-order chi connectivity index (χ1) is 9.65. The Morgan fingerprint density at radius 2 is 1.85 bits per heavy atom. The lowest BCUT2D eigenvalue weighted by atomic mass is 9.99. The second-order valence-corrected chi connectivity index (χ2v) is 4.47. The molecule has 2 aromatic rings. The molecule has 4 heteroatoms. The number of hydrogen-bond donors (Lipinski definition) is 1. The number of rotatable bonds is 5. The summed E-state index contributed by atoms with van der Waals surface area (Å²) in [6.07, 6.45) is -0.882. The van der Waals surface area contributed by atoms with Crippen LogP contribution in [0.5, 0.6) is 5.75 Å². The maximum absolute atomic E-state index is 13.7. The maximum atomic E-state index is 13.7. The van der Waals surface area contributed by atoms with Gasteiger partial charge < -0.3 is 14.6 Å². The molecule has 0 saturated heterocycles. The van der Waals surface area contributed by atoms with Crippen LogP contribution in [0, 0.1) is 5.82 Å². The van der Waals surface area contributed by atoms with Gasteiger partial charge in [-0.05, 0) is 28.8 Å². The van der Waals surface area contributed by atoms with Crippen LogP contribution in [0.25, 0.3) is 0 Å². The first-order valence-corrected chi connectivity index (χ1v) is 6.25. The second-order valence-electron chi connectivity index (χ2n) is 4.47. The number of ether oxygens (including phenoxy) is 2. The van der Waals surface area contributed by atoms with Gasteiger partial charge in [0.1, 0.15) is 6.10 Å². The fourth-order valence-corrected chi connectivity index (χ4v) is 2.06. The molecule has 0 aromatic heterocycles. The van der Waals surface area contributed by atoms with Gasteiger partial charge in [0.15, 0.2) is 11.6 Å². The minimum atomic E-state index is -0.882. The van der Waals surface area contributed by atoms with E-state index in [1.807, 2.05) is 18.2 Å². The Bertz CT molecular complexity index is 584. The molecule has 0 aliphatic heterocycles. The molecular weight excluding hydrogens is 259 g/mol. The van der Waals surface area contributed by atoms with Crippen LogP contribution >= 0.6 is 0 Å². The lowest BCUT2D eigenvalue weighted by Gasteiger charge is -2.13. The van der Waals surface area contributed by atoms with Gasteiger partial charge in [-0.2, -0.15) is 0 Å². The van der Waals surface area contributed by atoms with Crippen LogP contribution in [0.2, 0.25) is 0 Å². The zero-order valence-corrected chi connectivity index (χ0v) is 11.5. The highest BCUT2D eigenvalue weighted by molar-refractivity contribution is 5.36. The second kappa shape index (κ2) is 6.50. The molecule has 3 nitrogen and oxygen atoms in total. The van der Waals surface area contributed by atoms with E-state index in [1.54, 1.807) is 19.2 Å². The van der Waals surface area contributed by atoms with Crippen molar-refractivity contribution >= 4 is 0 Å². The quantitative estimate of drug-likeness (QED) is 0.912. The summed E-state index contributed by atoms with van der Waals surface area (Å²) >= 11 is 0. The molecule has 1 N–H and O–H groups in total. The van der Waals surface area contributed by atoms with E-state index < -0.39 is 11.9 Å². The summed E-state index contributed by atoms with van der Waals surface area (Å²) in [4.78, 5) is 0. The monoisotopic (exact) mass is 276 g/mol. The van der Waals surface area contributed by atoms with Crippen LogP contribution in [0.4, 0.5) is 4.39 Å². The van der Waals surface area contributed by atoms with Crippen molar-refractivity contribution in [1.82, 2.24) is 0 Å². The topological polar surface area (TPSA) is 38.7 Å². The molecule has 0 spiro atoms. The number of aliphatic hydroxyl groups is 1. The third-order valence-corrected chi connectivity index (χ3v) is 3.07. The molecule has 2 rings (SSSR count). The first-order valence-electron chi connectivity index (χ1n) is 6.25. The summed E-state index contributed by atoms with van der Waals surface area (Å²) < 4.78 is 23.6. The standard InChI is InChI=1S/C16H17FO3/c1-19-10-11-4-3-5-12(8-11)16(18)13-6-7-15(20-2)14(17)9-13/h3-9,16,18H,10H2,1-2H3. The van der Waals surface area contributed by atoms with E-state index in [9.17, 15) is 9.50 Å². The molecule has 0 amide bonds. The van der Waals surface area contributed by atoms with Crippen molar-refractivity contribution in [2.75, 3.05) is 14.2 Å².